The van der Waals surface area contributed by atoms with Crippen molar-refractivity contribution in [2.45, 2.75) is 20.1 Å². The van der Waals surface area contributed by atoms with E-state index in [2.05, 4.69) is 4.98 Å². The van der Waals surface area contributed by atoms with Gasteiger partial charge in [0.25, 0.3) is 0 Å². The Morgan fingerprint density at radius 2 is 1.61 bits per heavy atom. The molecule has 0 spiro atoms. The quantitative estimate of drug-likeness (QED) is 0.287. The van der Waals surface area contributed by atoms with E-state index in [4.69, 9.17) is 23.4 Å². The monoisotopic (exact) mass is 490 g/mol. The molecule has 0 atom stereocenters. The topological polar surface area (TPSA) is 100 Å². The standard InChI is InChI=1S/C27H26N2O7/c1-3-33-26(30)17-29(27(31)35-22-14-12-20(32-2)13-15-22)16-19-8-10-21(11-9-19)34-18-25-28-23-6-4-5-7-24(23)36-25/h4-15H,3,16-18H2,1-2H3. The molecule has 0 unspecified atom stereocenters. The SMILES string of the molecule is CCOC(=O)CN(Cc1ccc(OCc2nc3ccccc3o2)cc1)C(=O)Oc1ccc(OC)cc1. The summed E-state index contributed by atoms with van der Waals surface area (Å²) in [7, 11) is 1.55. The Hall–Kier alpha value is -4.53. The van der Waals surface area contributed by atoms with Crippen molar-refractivity contribution in [1.29, 1.82) is 0 Å². The lowest BCUT2D eigenvalue weighted by atomic mass is 10.2. The maximum absolute atomic E-state index is 12.8. The lowest BCUT2D eigenvalue weighted by Gasteiger charge is -2.21. The number of fused-ring (bicyclic) bond motifs is 1. The van der Waals surface area contributed by atoms with E-state index in [1.54, 1.807) is 62.6 Å². The van der Waals surface area contributed by atoms with E-state index in [1.807, 2.05) is 24.3 Å². The van der Waals surface area contributed by atoms with Crippen LogP contribution in [0.4, 0.5) is 4.79 Å². The van der Waals surface area contributed by atoms with Crippen molar-refractivity contribution in [2.24, 2.45) is 0 Å². The van der Waals surface area contributed by atoms with Gasteiger partial charge in [-0.25, -0.2) is 9.78 Å². The number of carbonyl (C=O) groups is 2. The molecule has 0 saturated carbocycles. The highest BCUT2D eigenvalue weighted by Gasteiger charge is 2.21. The highest BCUT2D eigenvalue weighted by Crippen LogP contribution is 2.20. The smallest absolute Gasteiger partial charge is 0.416 e. The van der Waals surface area contributed by atoms with Crippen LogP contribution in [0.5, 0.6) is 17.2 Å². The molecule has 186 valence electrons. The summed E-state index contributed by atoms with van der Waals surface area (Å²) in [6.07, 6.45) is -0.676. The van der Waals surface area contributed by atoms with Crippen molar-refractivity contribution in [3.05, 3.63) is 84.3 Å². The van der Waals surface area contributed by atoms with Crippen LogP contribution in [-0.2, 0) is 22.7 Å². The highest BCUT2D eigenvalue weighted by atomic mass is 16.6. The summed E-state index contributed by atoms with van der Waals surface area (Å²) in [5.41, 5.74) is 2.25. The fourth-order valence-corrected chi connectivity index (χ4v) is 3.39. The second-order valence-electron chi connectivity index (χ2n) is 7.71. The molecule has 4 rings (SSSR count). The molecule has 0 N–H and O–H groups in total. The molecule has 0 aliphatic carbocycles. The minimum Gasteiger partial charge on any atom is -0.497 e. The van der Waals surface area contributed by atoms with Crippen LogP contribution in [0.15, 0.2) is 77.2 Å². The summed E-state index contributed by atoms with van der Waals surface area (Å²) in [4.78, 5) is 30.6. The maximum Gasteiger partial charge on any atom is 0.416 e. The summed E-state index contributed by atoms with van der Waals surface area (Å²) < 4.78 is 27.0. The minimum absolute atomic E-state index is 0.138. The zero-order valence-electron chi connectivity index (χ0n) is 20.0. The molecule has 9 heteroatoms. The van der Waals surface area contributed by atoms with Gasteiger partial charge in [-0.2, -0.15) is 0 Å². The number of oxazole rings is 1. The van der Waals surface area contributed by atoms with E-state index in [9.17, 15) is 9.59 Å². The van der Waals surface area contributed by atoms with Gasteiger partial charge >= 0.3 is 12.1 Å². The first-order chi connectivity index (χ1) is 17.5. The molecule has 0 saturated heterocycles. The predicted octanol–water partition coefficient (Wildman–Crippen LogP) is 4.98. The van der Waals surface area contributed by atoms with Crippen molar-refractivity contribution in [3.63, 3.8) is 0 Å². The van der Waals surface area contributed by atoms with Gasteiger partial charge in [0.05, 0.1) is 13.7 Å². The van der Waals surface area contributed by atoms with Crippen molar-refractivity contribution >= 4 is 23.2 Å². The Kier molecular flexibility index (Phi) is 8.02. The second kappa shape index (κ2) is 11.7. The van der Waals surface area contributed by atoms with Gasteiger partial charge in [0.15, 0.2) is 12.2 Å². The first kappa shape index (κ1) is 24.6. The Balaban J connectivity index is 1.39. The lowest BCUT2D eigenvalue weighted by molar-refractivity contribution is -0.144. The molecule has 0 aliphatic rings. The van der Waals surface area contributed by atoms with Crippen LogP contribution < -0.4 is 14.2 Å². The second-order valence-corrected chi connectivity index (χ2v) is 7.71. The maximum atomic E-state index is 12.8. The number of hydrogen-bond donors (Lipinski definition) is 0. The van der Waals surface area contributed by atoms with Crippen LogP contribution >= 0.6 is 0 Å². The van der Waals surface area contributed by atoms with E-state index in [-0.39, 0.29) is 26.3 Å². The van der Waals surface area contributed by atoms with E-state index >= 15 is 0 Å². The van der Waals surface area contributed by atoms with Gasteiger partial charge in [-0.05, 0) is 61.0 Å². The van der Waals surface area contributed by atoms with Crippen molar-refractivity contribution in [1.82, 2.24) is 9.88 Å². The molecule has 4 aromatic rings. The number of hydrogen-bond acceptors (Lipinski definition) is 8. The Bertz CT molecular complexity index is 1270. The average Bonchev–Trinajstić information content (AvgIpc) is 3.31. The molecule has 0 aliphatic heterocycles. The number of carbonyl (C=O) groups excluding carboxylic acids is 2. The third-order valence-electron chi connectivity index (χ3n) is 5.15. The van der Waals surface area contributed by atoms with Crippen LogP contribution in [0.1, 0.15) is 18.4 Å². The number of aromatic nitrogens is 1. The lowest BCUT2D eigenvalue weighted by Crippen LogP contribution is -2.38. The Labute approximate surface area is 208 Å². The molecule has 0 fully saturated rings. The number of rotatable bonds is 10. The van der Waals surface area contributed by atoms with Gasteiger partial charge in [-0.3, -0.25) is 9.69 Å². The van der Waals surface area contributed by atoms with Gasteiger partial charge in [-0.15, -0.1) is 0 Å². The molecule has 9 nitrogen and oxygen atoms in total. The summed E-state index contributed by atoms with van der Waals surface area (Å²) in [5, 5.41) is 0. The number of methoxy groups -OCH3 is 1. The molecular weight excluding hydrogens is 464 g/mol. The molecule has 0 radical (unpaired) electrons. The number of nitrogens with zero attached hydrogens (tertiary/aromatic N) is 2. The minimum atomic E-state index is -0.676. The molecule has 1 aromatic heterocycles. The molecule has 3 aromatic carbocycles. The number of ether oxygens (including phenoxy) is 4. The number of amides is 1. The first-order valence-electron chi connectivity index (χ1n) is 11.4. The Morgan fingerprint density at radius 3 is 2.31 bits per heavy atom. The number of para-hydroxylation sites is 2. The molecular formula is C27H26N2O7. The van der Waals surface area contributed by atoms with Crippen LogP contribution in [-0.4, -0.2) is 42.2 Å². The molecule has 1 amide bonds. The average molecular weight is 491 g/mol. The van der Waals surface area contributed by atoms with Crippen LogP contribution in [0.25, 0.3) is 11.1 Å². The first-order valence-corrected chi connectivity index (χ1v) is 11.4. The predicted molar refractivity (Wildman–Crippen MR) is 131 cm³/mol. The van der Waals surface area contributed by atoms with Crippen molar-refractivity contribution < 1.29 is 33.0 Å². The van der Waals surface area contributed by atoms with E-state index < -0.39 is 12.1 Å². The fourth-order valence-electron chi connectivity index (χ4n) is 3.39. The van der Waals surface area contributed by atoms with E-state index in [0.29, 0.717) is 28.7 Å². The third-order valence-corrected chi connectivity index (χ3v) is 5.15. The van der Waals surface area contributed by atoms with Crippen LogP contribution in [0.3, 0.4) is 0 Å². The number of benzene rings is 3. The van der Waals surface area contributed by atoms with E-state index in [0.717, 1.165) is 11.1 Å². The van der Waals surface area contributed by atoms with Crippen molar-refractivity contribution in [2.75, 3.05) is 20.3 Å². The summed E-state index contributed by atoms with van der Waals surface area (Å²) in [6.45, 7) is 1.99. The zero-order valence-corrected chi connectivity index (χ0v) is 20.0. The van der Waals surface area contributed by atoms with Gasteiger partial charge in [0.2, 0.25) is 5.89 Å². The molecule has 1 heterocycles. The molecule has 36 heavy (non-hydrogen) atoms. The normalized spacial score (nSPS) is 10.6. The van der Waals surface area contributed by atoms with Gasteiger partial charge in [0.1, 0.15) is 29.3 Å². The third kappa shape index (κ3) is 6.53. The number of esters is 1. The van der Waals surface area contributed by atoms with Crippen LogP contribution in [0.2, 0.25) is 0 Å². The summed E-state index contributed by atoms with van der Waals surface area (Å²) in [6, 6.07) is 21.2. The largest absolute Gasteiger partial charge is 0.497 e. The van der Waals surface area contributed by atoms with Crippen LogP contribution in [0, 0.1) is 0 Å². The Morgan fingerprint density at radius 1 is 0.917 bits per heavy atom. The summed E-state index contributed by atoms with van der Waals surface area (Å²) in [5.74, 6) is 1.53. The fraction of sp³-hybridized carbons (Fsp3) is 0.222. The zero-order chi connectivity index (χ0) is 25.3. The highest BCUT2D eigenvalue weighted by molar-refractivity contribution is 5.79. The van der Waals surface area contributed by atoms with Gasteiger partial charge in [-0.1, -0.05) is 24.3 Å². The van der Waals surface area contributed by atoms with E-state index in [1.165, 1.54) is 4.90 Å². The summed E-state index contributed by atoms with van der Waals surface area (Å²) >= 11 is 0. The van der Waals surface area contributed by atoms with Crippen molar-refractivity contribution in [3.8, 4) is 17.2 Å². The van der Waals surface area contributed by atoms with Gasteiger partial charge < -0.3 is 23.4 Å². The molecule has 0 bridgehead atoms. The van der Waals surface area contributed by atoms with Gasteiger partial charge in [0, 0.05) is 6.54 Å².